The first kappa shape index (κ1) is 23.1. The first-order valence-electron chi connectivity index (χ1n) is 11.0. The van der Waals surface area contributed by atoms with Crippen LogP contribution in [0.25, 0.3) is 11.1 Å². The standard InChI is InChI=1S/C28H21ClN2O3S/c1-31(16-18-14-15-30-27(29)26(18)35-24-13-7-2-8-19(24)17-32)28(33)34-25-22-11-5-3-9-20(22)21-10-4-6-12-23(21)25/h2-15,17,25H,16H2,1H3. The molecule has 1 amide bonds. The van der Waals surface area contributed by atoms with Gasteiger partial charge in [0, 0.05) is 41.4 Å². The van der Waals surface area contributed by atoms with Crippen LogP contribution >= 0.6 is 23.4 Å². The molecule has 0 atom stereocenters. The molecule has 1 heterocycles. The van der Waals surface area contributed by atoms with Crippen molar-refractivity contribution in [3.05, 3.63) is 112 Å². The van der Waals surface area contributed by atoms with Gasteiger partial charge in [-0.25, -0.2) is 9.78 Å². The van der Waals surface area contributed by atoms with Gasteiger partial charge in [0.2, 0.25) is 0 Å². The number of halogens is 1. The Balaban J connectivity index is 1.37. The van der Waals surface area contributed by atoms with Gasteiger partial charge >= 0.3 is 6.09 Å². The normalized spacial score (nSPS) is 12.1. The molecule has 1 aliphatic carbocycles. The number of ether oxygens (including phenoxy) is 1. The van der Waals surface area contributed by atoms with Crippen LogP contribution in [0.1, 0.15) is 33.2 Å². The molecule has 0 spiro atoms. The van der Waals surface area contributed by atoms with Crippen molar-refractivity contribution in [1.29, 1.82) is 0 Å². The van der Waals surface area contributed by atoms with Crippen LogP contribution in [0.2, 0.25) is 5.15 Å². The number of aromatic nitrogens is 1. The number of hydrogen-bond acceptors (Lipinski definition) is 5. The minimum Gasteiger partial charge on any atom is -0.436 e. The highest BCUT2D eigenvalue weighted by atomic mass is 35.5. The van der Waals surface area contributed by atoms with E-state index in [1.165, 1.54) is 16.7 Å². The van der Waals surface area contributed by atoms with Crippen molar-refractivity contribution in [3.8, 4) is 11.1 Å². The van der Waals surface area contributed by atoms with E-state index in [9.17, 15) is 9.59 Å². The Hall–Kier alpha value is -3.61. The van der Waals surface area contributed by atoms with Crippen molar-refractivity contribution >= 4 is 35.7 Å². The average molecular weight is 501 g/mol. The number of carbonyl (C=O) groups excluding carboxylic acids is 2. The van der Waals surface area contributed by atoms with Crippen LogP contribution in [0, 0.1) is 0 Å². The maximum atomic E-state index is 13.2. The minimum absolute atomic E-state index is 0.267. The predicted octanol–water partition coefficient (Wildman–Crippen LogP) is 7.04. The first-order chi connectivity index (χ1) is 17.1. The number of amides is 1. The molecule has 0 aliphatic heterocycles. The second kappa shape index (κ2) is 9.94. The zero-order valence-electron chi connectivity index (χ0n) is 18.9. The Labute approximate surface area is 212 Å². The summed E-state index contributed by atoms with van der Waals surface area (Å²) in [5, 5.41) is 0.314. The molecular weight excluding hydrogens is 480 g/mol. The van der Waals surface area contributed by atoms with Gasteiger partial charge in [0.05, 0.1) is 4.90 Å². The van der Waals surface area contributed by atoms with Gasteiger partial charge in [-0.3, -0.25) is 4.79 Å². The highest BCUT2D eigenvalue weighted by molar-refractivity contribution is 7.99. The molecule has 5 rings (SSSR count). The first-order valence-corrected chi connectivity index (χ1v) is 12.2. The van der Waals surface area contributed by atoms with Gasteiger partial charge in [-0.05, 0) is 28.8 Å². The van der Waals surface area contributed by atoms with E-state index in [2.05, 4.69) is 4.98 Å². The number of aldehydes is 1. The Bertz CT molecular complexity index is 1380. The molecule has 3 aromatic carbocycles. The van der Waals surface area contributed by atoms with E-state index in [1.807, 2.05) is 72.8 Å². The summed E-state index contributed by atoms with van der Waals surface area (Å²) in [6, 6.07) is 25.1. The van der Waals surface area contributed by atoms with Crippen molar-refractivity contribution in [2.75, 3.05) is 7.05 Å². The summed E-state index contributed by atoms with van der Waals surface area (Å²) in [6.45, 7) is 0.267. The third-order valence-electron chi connectivity index (χ3n) is 5.92. The van der Waals surface area contributed by atoms with Gasteiger partial charge in [-0.1, -0.05) is 90.1 Å². The van der Waals surface area contributed by atoms with Gasteiger partial charge in [-0.2, -0.15) is 0 Å². The van der Waals surface area contributed by atoms with Crippen LogP contribution in [-0.2, 0) is 11.3 Å². The molecule has 0 unspecified atom stereocenters. The third kappa shape index (κ3) is 4.55. The van der Waals surface area contributed by atoms with Crippen LogP contribution in [0.4, 0.5) is 4.79 Å². The van der Waals surface area contributed by atoms with Crippen LogP contribution < -0.4 is 0 Å². The Morgan fingerprint density at radius 1 is 1.00 bits per heavy atom. The van der Waals surface area contributed by atoms with Gasteiger partial charge in [0.15, 0.2) is 12.4 Å². The number of pyridine rings is 1. The van der Waals surface area contributed by atoms with E-state index in [0.29, 0.717) is 15.6 Å². The van der Waals surface area contributed by atoms with Crippen molar-refractivity contribution < 1.29 is 14.3 Å². The fourth-order valence-corrected chi connectivity index (χ4v) is 5.51. The lowest BCUT2D eigenvalue weighted by atomic mass is 10.1. The zero-order chi connectivity index (χ0) is 24.4. The molecule has 1 aromatic heterocycles. The summed E-state index contributed by atoms with van der Waals surface area (Å²) >= 11 is 7.79. The predicted molar refractivity (Wildman–Crippen MR) is 137 cm³/mol. The van der Waals surface area contributed by atoms with Crippen LogP contribution in [-0.4, -0.2) is 29.3 Å². The number of rotatable bonds is 6. The summed E-state index contributed by atoms with van der Waals surface area (Å²) in [5.74, 6) is 0. The molecule has 35 heavy (non-hydrogen) atoms. The number of hydrogen-bond donors (Lipinski definition) is 0. The van der Waals surface area contributed by atoms with Crippen molar-refractivity contribution in [2.45, 2.75) is 22.4 Å². The lowest BCUT2D eigenvalue weighted by Crippen LogP contribution is -2.28. The van der Waals surface area contributed by atoms with E-state index < -0.39 is 12.2 Å². The molecule has 0 radical (unpaired) electrons. The lowest BCUT2D eigenvalue weighted by molar-refractivity contribution is 0.0841. The smallest absolute Gasteiger partial charge is 0.410 e. The quantitative estimate of drug-likeness (QED) is 0.210. The summed E-state index contributed by atoms with van der Waals surface area (Å²) < 4.78 is 6.01. The molecule has 0 fully saturated rings. The minimum atomic E-state index is -0.466. The number of fused-ring (bicyclic) bond motifs is 3. The number of carbonyl (C=O) groups is 2. The van der Waals surface area contributed by atoms with Gasteiger partial charge in [0.1, 0.15) is 5.15 Å². The molecule has 174 valence electrons. The summed E-state index contributed by atoms with van der Waals surface area (Å²) in [4.78, 5) is 31.8. The second-order valence-corrected chi connectivity index (χ2v) is 9.55. The van der Waals surface area contributed by atoms with E-state index in [1.54, 1.807) is 19.3 Å². The molecule has 7 heteroatoms. The Morgan fingerprint density at radius 2 is 1.63 bits per heavy atom. The SMILES string of the molecule is CN(Cc1ccnc(Cl)c1Sc1ccccc1C=O)C(=O)OC1c2ccccc2-c2ccccc21. The van der Waals surface area contributed by atoms with Gasteiger partial charge in [0.25, 0.3) is 0 Å². The molecule has 0 saturated carbocycles. The fraction of sp³-hybridized carbons (Fsp3) is 0.107. The topological polar surface area (TPSA) is 59.5 Å². The lowest BCUT2D eigenvalue weighted by Gasteiger charge is -2.22. The fourth-order valence-electron chi connectivity index (χ4n) is 4.22. The molecular formula is C28H21ClN2O3S. The highest BCUT2D eigenvalue weighted by Gasteiger charge is 2.32. The van der Waals surface area contributed by atoms with Gasteiger partial charge < -0.3 is 9.64 Å². The van der Waals surface area contributed by atoms with Crippen molar-refractivity contribution in [1.82, 2.24) is 9.88 Å². The van der Waals surface area contributed by atoms with E-state index in [0.717, 1.165) is 39.0 Å². The molecule has 5 nitrogen and oxygen atoms in total. The van der Waals surface area contributed by atoms with Crippen molar-refractivity contribution in [3.63, 3.8) is 0 Å². The third-order valence-corrected chi connectivity index (χ3v) is 7.57. The molecule has 1 aliphatic rings. The summed E-state index contributed by atoms with van der Waals surface area (Å²) in [5.41, 5.74) is 5.49. The van der Waals surface area contributed by atoms with Crippen LogP contribution in [0.3, 0.4) is 0 Å². The molecule has 0 bridgehead atoms. The summed E-state index contributed by atoms with van der Waals surface area (Å²) in [7, 11) is 1.69. The zero-order valence-corrected chi connectivity index (χ0v) is 20.4. The average Bonchev–Trinajstić information content (AvgIpc) is 3.20. The molecule has 0 N–H and O–H groups in total. The van der Waals surface area contributed by atoms with Gasteiger partial charge in [-0.15, -0.1) is 0 Å². The largest absolute Gasteiger partial charge is 0.436 e. The van der Waals surface area contributed by atoms with Crippen LogP contribution in [0.5, 0.6) is 0 Å². The maximum absolute atomic E-state index is 13.2. The number of nitrogens with zero attached hydrogens (tertiary/aromatic N) is 2. The highest BCUT2D eigenvalue weighted by Crippen LogP contribution is 2.45. The van der Waals surface area contributed by atoms with Crippen molar-refractivity contribution in [2.24, 2.45) is 0 Å². The Kier molecular flexibility index (Phi) is 6.57. The maximum Gasteiger partial charge on any atom is 0.410 e. The molecule has 0 saturated heterocycles. The Morgan fingerprint density at radius 3 is 2.31 bits per heavy atom. The van der Waals surface area contributed by atoms with E-state index in [4.69, 9.17) is 16.3 Å². The summed E-state index contributed by atoms with van der Waals surface area (Å²) in [6.07, 6.45) is 1.51. The van der Waals surface area contributed by atoms with Crippen LogP contribution in [0.15, 0.2) is 94.9 Å². The molecule has 4 aromatic rings. The van der Waals surface area contributed by atoms with E-state index in [-0.39, 0.29) is 6.54 Å². The van der Waals surface area contributed by atoms with E-state index >= 15 is 0 Å². The monoisotopic (exact) mass is 500 g/mol. The second-order valence-electron chi connectivity index (χ2n) is 8.14. The number of benzene rings is 3.